The lowest BCUT2D eigenvalue weighted by Crippen LogP contribution is -2.43. The third kappa shape index (κ3) is 3.36. The molecule has 0 atom stereocenters. The molecule has 3 nitrogen and oxygen atoms in total. The van der Waals surface area contributed by atoms with Crippen LogP contribution in [-0.4, -0.2) is 11.9 Å². The van der Waals surface area contributed by atoms with Crippen molar-refractivity contribution in [1.29, 1.82) is 0 Å². The quantitative estimate of drug-likeness (QED) is 0.823. The van der Waals surface area contributed by atoms with Gasteiger partial charge < -0.3 is 11.1 Å². The number of rotatable bonds is 2. The third-order valence-corrected chi connectivity index (χ3v) is 3.46. The van der Waals surface area contributed by atoms with Crippen LogP contribution in [0.2, 0.25) is 0 Å². The van der Waals surface area contributed by atoms with Gasteiger partial charge in [-0.1, -0.05) is 22.9 Å². The Morgan fingerprint density at radius 2 is 2.12 bits per heavy atom. The number of halogens is 2. The Hall–Kier alpha value is -0.740. The molecule has 2 rings (SSSR count). The number of benzene rings is 1. The second-order valence-electron chi connectivity index (χ2n) is 4.48. The number of carbonyl (C=O) groups excluding carboxylic acids is 1. The Morgan fingerprint density at radius 1 is 1.47 bits per heavy atom. The van der Waals surface area contributed by atoms with E-state index in [1.807, 2.05) is 6.07 Å². The van der Waals surface area contributed by atoms with Crippen molar-refractivity contribution in [2.45, 2.75) is 25.8 Å². The van der Waals surface area contributed by atoms with Crippen molar-refractivity contribution in [3.8, 4) is 0 Å². The molecule has 1 fully saturated rings. The molecule has 3 N–H and O–H groups in total. The van der Waals surface area contributed by atoms with Crippen molar-refractivity contribution in [3.63, 3.8) is 0 Å². The van der Waals surface area contributed by atoms with Gasteiger partial charge in [-0.05, 0) is 37.0 Å². The number of anilines is 1. The molecule has 1 aliphatic rings. The number of hydrogen-bond donors (Lipinski definition) is 2. The molecule has 0 spiro atoms. The molecule has 0 heterocycles. The summed E-state index contributed by atoms with van der Waals surface area (Å²) in [5, 5.41) is 2.99. The molecule has 0 aliphatic heterocycles. The highest BCUT2D eigenvalue weighted by molar-refractivity contribution is 9.10. The number of nitrogens with two attached hydrogens (primary N) is 1. The second kappa shape index (κ2) is 5.74. The summed E-state index contributed by atoms with van der Waals surface area (Å²) in [6.07, 6.45) is 2.14. The maximum Gasteiger partial charge on any atom is 0.253 e. The highest BCUT2D eigenvalue weighted by Gasteiger charge is 2.27. The van der Waals surface area contributed by atoms with Crippen LogP contribution in [0.1, 0.15) is 30.1 Å². The standard InChI is InChI=1S/C12H15BrN2O.ClH/c1-7-4-9(5-7)15-12(16)10-3-2-8(13)6-11(10)14;/h2-3,6-7,9H,4-5,14H2,1H3,(H,15,16);1H. The van der Waals surface area contributed by atoms with Crippen LogP contribution in [0.5, 0.6) is 0 Å². The van der Waals surface area contributed by atoms with E-state index in [0.29, 0.717) is 17.3 Å². The van der Waals surface area contributed by atoms with Crippen LogP contribution in [0, 0.1) is 5.92 Å². The van der Waals surface area contributed by atoms with Crippen molar-refractivity contribution in [3.05, 3.63) is 28.2 Å². The van der Waals surface area contributed by atoms with Crippen molar-refractivity contribution in [2.24, 2.45) is 5.92 Å². The molecule has 17 heavy (non-hydrogen) atoms. The average molecular weight is 320 g/mol. The molecular formula is C12H16BrClN2O. The smallest absolute Gasteiger partial charge is 0.253 e. The minimum Gasteiger partial charge on any atom is -0.398 e. The van der Waals surface area contributed by atoms with Gasteiger partial charge in [-0.3, -0.25) is 4.79 Å². The van der Waals surface area contributed by atoms with Gasteiger partial charge in [0.05, 0.1) is 5.56 Å². The Morgan fingerprint density at radius 3 is 2.65 bits per heavy atom. The van der Waals surface area contributed by atoms with E-state index in [1.54, 1.807) is 12.1 Å². The lowest BCUT2D eigenvalue weighted by atomic mass is 9.82. The van der Waals surface area contributed by atoms with Crippen LogP contribution in [0.3, 0.4) is 0 Å². The molecule has 1 saturated carbocycles. The summed E-state index contributed by atoms with van der Waals surface area (Å²) in [6, 6.07) is 5.65. The Kier molecular flexibility index (Phi) is 4.83. The Labute approximate surface area is 116 Å². The van der Waals surface area contributed by atoms with Crippen molar-refractivity contribution >= 4 is 39.9 Å². The van der Waals surface area contributed by atoms with Crippen molar-refractivity contribution in [2.75, 3.05) is 5.73 Å². The zero-order chi connectivity index (χ0) is 11.7. The van der Waals surface area contributed by atoms with Crippen LogP contribution in [0.15, 0.2) is 22.7 Å². The SMILES string of the molecule is CC1CC(NC(=O)c2ccc(Br)cc2N)C1.Cl. The Balaban J connectivity index is 0.00000144. The fourth-order valence-corrected chi connectivity index (χ4v) is 2.40. The van der Waals surface area contributed by atoms with Crippen LogP contribution in [0.25, 0.3) is 0 Å². The molecule has 5 heteroatoms. The van der Waals surface area contributed by atoms with Gasteiger partial charge in [0.25, 0.3) is 5.91 Å². The number of carbonyl (C=O) groups is 1. The molecule has 1 aromatic rings. The van der Waals surface area contributed by atoms with E-state index in [2.05, 4.69) is 28.2 Å². The topological polar surface area (TPSA) is 55.1 Å². The molecule has 1 aliphatic carbocycles. The van der Waals surface area contributed by atoms with E-state index in [0.717, 1.165) is 23.2 Å². The fourth-order valence-electron chi connectivity index (χ4n) is 2.02. The summed E-state index contributed by atoms with van der Waals surface area (Å²) in [4.78, 5) is 11.9. The van der Waals surface area contributed by atoms with Crippen molar-refractivity contribution in [1.82, 2.24) is 5.32 Å². The monoisotopic (exact) mass is 318 g/mol. The van der Waals surface area contributed by atoms with Crippen LogP contribution < -0.4 is 11.1 Å². The summed E-state index contributed by atoms with van der Waals surface area (Å²) in [7, 11) is 0. The Bertz CT molecular complexity index is 419. The predicted octanol–water partition coefficient (Wildman–Crippen LogP) is 2.98. The van der Waals surface area contributed by atoms with Crippen LogP contribution in [0.4, 0.5) is 5.69 Å². The maximum absolute atomic E-state index is 11.9. The predicted molar refractivity (Wildman–Crippen MR) is 75.5 cm³/mol. The first-order valence-corrected chi connectivity index (χ1v) is 6.21. The lowest BCUT2D eigenvalue weighted by molar-refractivity contribution is 0.0897. The lowest BCUT2D eigenvalue weighted by Gasteiger charge is -2.33. The van der Waals surface area contributed by atoms with E-state index < -0.39 is 0 Å². The van der Waals surface area contributed by atoms with E-state index in [4.69, 9.17) is 5.73 Å². The number of hydrogen-bond acceptors (Lipinski definition) is 2. The summed E-state index contributed by atoms with van der Waals surface area (Å²) >= 11 is 3.32. The van der Waals surface area contributed by atoms with Gasteiger partial charge in [0.1, 0.15) is 0 Å². The van der Waals surface area contributed by atoms with Gasteiger partial charge in [0, 0.05) is 16.2 Å². The minimum absolute atomic E-state index is 0. The van der Waals surface area contributed by atoms with E-state index >= 15 is 0 Å². The largest absolute Gasteiger partial charge is 0.398 e. The van der Waals surface area contributed by atoms with Crippen LogP contribution in [-0.2, 0) is 0 Å². The van der Waals surface area contributed by atoms with E-state index in [9.17, 15) is 4.79 Å². The van der Waals surface area contributed by atoms with E-state index in [1.165, 1.54) is 0 Å². The summed E-state index contributed by atoms with van der Waals surface area (Å²) in [5.41, 5.74) is 6.87. The normalized spacial score (nSPS) is 22.2. The van der Waals surface area contributed by atoms with Gasteiger partial charge in [-0.25, -0.2) is 0 Å². The molecule has 1 aromatic carbocycles. The molecule has 0 bridgehead atoms. The molecule has 1 amide bonds. The van der Waals surface area contributed by atoms with Gasteiger partial charge in [0.15, 0.2) is 0 Å². The van der Waals surface area contributed by atoms with Gasteiger partial charge >= 0.3 is 0 Å². The fraction of sp³-hybridized carbons (Fsp3) is 0.417. The second-order valence-corrected chi connectivity index (χ2v) is 5.39. The number of nitrogens with one attached hydrogen (secondary N) is 1. The van der Waals surface area contributed by atoms with Gasteiger partial charge in [-0.2, -0.15) is 0 Å². The molecule has 0 unspecified atom stereocenters. The summed E-state index contributed by atoms with van der Waals surface area (Å²) in [6.45, 7) is 2.19. The first-order valence-electron chi connectivity index (χ1n) is 5.42. The number of amides is 1. The van der Waals surface area contributed by atoms with Crippen molar-refractivity contribution < 1.29 is 4.79 Å². The molecule has 94 valence electrons. The molecule has 0 aromatic heterocycles. The minimum atomic E-state index is -0.0677. The molecule has 0 radical (unpaired) electrons. The van der Waals surface area contributed by atoms with Crippen LogP contribution >= 0.6 is 28.3 Å². The van der Waals surface area contributed by atoms with Gasteiger partial charge in [0.2, 0.25) is 0 Å². The maximum atomic E-state index is 11.9. The zero-order valence-electron chi connectivity index (χ0n) is 9.57. The molecular weight excluding hydrogens is 304 g/mol. The third-order valence-electron chi connectivity index (χ3n) is 2.97. The summed E-state index contributed by atoms with van der Waals surface area (Å²) < 4.78 is 0.888. The molecule has 0 saturated heterocycles. The van der Waals surface area contributed by atoms with Gasteiger partial charge in [-0.15, -0.1) is 12.4 Å². The highest BCUT2D eigenvalue weighted by atomic mass is 79.9. The first-order chi connectivity index (χ1) is 7.56. The zero-order valence-corrected chi connectivity index (χ0v) is 12.0. The summed E-state index contributed by atoms with van der Waals surface area (Å²) in [5.74, 6) is 0.662. The highest BCUT2D eigenvalue weighted by Crippen LogP contribution is 2.27. The first kappa shape index (κ1) is 14.3. The average Bonchev–Trinajstić information content (AvgIpc) is 2.15. The van der Waals surface area contributed by atoms with E-state index in [-0.39, 0.29) is 18.3 Å². The number of nitrogen functional groups attached to an aromatic ring is 1.